The second-order valence-corrected chi connectivity index (χ2v) is 10.9. The van der Waals surface area contributed by atoms with Gasteiger partial charge in [-0.2, -0.15) is 11.8 Å². The lowest BCUT2D eigenvalue weighted by Crippen LogP contribution is -2.49. The number of carbonyl (C=O) groups excluding carboxylic acids is 2. The highest BCUT2D eigenvalue weighted by Crippen LogP contribution is 2.30. The molecule has 2 aliphatic heterocycles. The lowest BCUT2D eigenvalue weighted by molar-refractivity contribution is -0.131. The summed E-state index contributed by atoms with van der Waals surface area (Å²) in [6.07, 6.45) is 1.04. The first-order valence-corrected chi connectivity index (χ1v) is 15.3. The molecule has 39 heavy (non-hydrogen) atoms. The normalized spacial score (nSPS) is 15.8. The number of nitrogens with zero attached hydrogens (tertiary/aromatic N) is 4. The summed E-state index contributed by atoms with van der Waals surface area (Å²) < 4.78 is 11.5. The van der Waals surface area contributed by atoms with E-state index in [0.717, 1.165) is 86.7 Å². The zero-order valence-electron chi connectivity index (χ0n) is 23.3. The van der Waals surface area contributed by atoms with Crippen LogP contribution in [0.1, 0.15) is 26.7 Å². The number of benzene rings is 2. The Bertz CT molecular complexity index is 985. The van der Waals surface area contributed by atoms with E-state index in [0.29, 0.717) is 26.1 Å². The van der Waals surface area contributed by atoms with Gasteiger partial charge in [-0.1, -0.05) is 24.3 Å². The van der Waals surface area contributed by atoms with Gasteiger partial charge in [0.15, 0.2) is 0 Å². The number of piperazine rings is 2. The van der Waals surface area contributed by atoms with E-state index in [1.165, 1.54) is 0 Å². The molecule has 2 heterocycles. The van der Waals surface area contributed by atoms with Gasteiger partial charge in [-0.05, 0) is 38.1 Å². The summed E-state index contributed by atoms with van der Waals surface area (Å²) >= 11 is 1.70. The maximum Gasteiger partial charge on any atom is 0.223 e. The molecule has 0 bridgehead atoms. The molecule has 212 valence electrons. The van der Waals surface area contributed by atoms with Crippen LogP contribution in [0.3, 0.4) is 0 Å². The smallest absolute Gasteiger partial charge is 0.223 e. The standard InChI is InChI=1S/C30H42N4O4S/c1-3-37-27-11-7-5-9-25(27)31-15-19-33(20-16-31)29(35)13-23-39-24-14-30(36)34-21-17-32(18-22-34)26-10-6-8-12-28(26)38-4-2/h5-12H,3-4,13-24H2,1-2H3. The van der Waals surface area contributed by atoms with Gasteiger partial charge in [0, 0.05) is 76.7 Å². The molecule has 2 amide bonds. The van der Waals surface area contributed by atoms with Crippen molar-refractivity contribution in [1.82, 2.24) is 9.80 Å². The van der Waals surface area contributed by atoms with E-state index in [2.05, 4.69) is 21.9 Å². The van der Waals surface area contributed by atoms with Crippen molar-refractivity contribution in [1.29, 1.82) is 0 Å². The van der Waals surface area contributed by atoms with Gasteiger partial charge in [-0.15, -0.1) is 0 Å². The largest absolute Gasteiger partial charge is 0.492 e. The summed E-state index contributed by atoms with van der Waals surface area (Å²) in [5, 5.41) is 0. The Labute approximate surface area is 237 Å². The molecule has 0 saturated carbocycles. The molecule has 2 aromatic carbocycles. The molecule has 8 nitrogen and oxygen atoms in total. The second kappa shape index (κ2) is 14.9. The van der Waals surface area contributed by atoms with E-state index in [1.54, 1.807) is 11.8 Å². The Morgan fingerprint density at radius 2 is 1.03 bits per heavy atom. The summed E-state index contributed by atoms with van der Waals surface area (Å²) in [4.78, 5) is 34.0. The van der Waals surface area contributed by atoms with Crippen molar-refractivity contribution in [2.45, 2.75) is 26.7 Å². The fourth-order valence-corrected chi connectivity index (χ4v) is 5.96. The van der Waals surface area contributed by atoms with Gasteiger partial charge >= 0.3 is 0 Å². The fraction of sp³-hybridized carbons (Fsp3) is 0.533. The number of amides is 2. The van der Waals surface area contributed by atoms with Crippen LogP contribution in [0.4, 0.5) is 11.4 Å². The maximum absolute atomic E-state index is 12.7. The number of anilines is 2. The maximum atomic E-state index is 12.7. The minimum absolute atomic E-state index is 0.204. The monoisotopic (exact) mass is 554 g/mol. The molecule has 9 heteroatoms. The van der Waals surface area contributed by atoms with Gasteiger partial charge < -0.3 is 29.1 Å². The van der Waals surface area contributed by atoms with Gasteiger partial charge in [0.2, 0.25) is 11.8 Å². The molecule has 2 fully saturated rings. The molecule has 2 aromatic rings. The second-order valence-electron chi connectivity index (χ2n) is 9.65. The number of rotatable bonds is 12. The zero-order valence-corrected chi connectivity index (χ0v) is 24.2. The molecule has 0 spiro atoms. The van der Waals surface area contributed by atoms with E-state index in [4.69, 9.17) is 9.47 Å². The number of hydrogen-bond donors (Lipinski definition) is 0. The molecule has 2 saturated heterocycles. The third kappa shape index (κ3) is 7.97. The van der Waals surface area contributed by atoms with E-state index in [1.807, 2.05) is 60.0 Å². The highest BCUT2D eigenvalue weighted by atomic mass is 32.2. The van der Waals surface area contributed by atoms with Crippen LogP contribution in [-0.4, -0.2) is 98.7 Å². The third-order valence-electron chi connectivity index (χ3n) is 7.20. The zero-order chi connectivity index (χ0) is 27.5. The first-order chi connectivity index (χ1) is 19.1. The molecule has 0 aliphatic carbocycles. The number of thioether (sulfide) groups is 1. The van der Waals surface area contributed by atoms with Gasteiger partial charge in [0.25, 0.3) is 0 Å². The van der Waals surface area contributed by atoms with Crippen LogP contribution in [0.5, 0.6) is 11.5 Å². The predicted octanol–water partition coefficient (Wildman–Crippen LogP) is 3.99. The minimum Gasteiger partial charge on any atom is -0.492 e. The molecule has 0 N–H and O–H groups in total. The average molecular weight is 555 g/mol. The first kappa shape index (κ1) is 28.9. The lowest BCUT2D eigenvalue weighted by atomic mass is 10.2. The average Bonchev–Trinajstić information content (AvgIpc) is 2.98. The quantitative estimate of drug-likeness (QED) is 0.368. The number of para-hydroxylation sites is 4. The predicted molar refractivity (Wildman–Crippen MR) is 159 cm³/mol. The fourth-order valence-electron chi connectivity index (χ4n) is 5.12. The van der Waals surface area contributed by atoms with E-state index in [-0.39, 0.29) is 11.8 Å². The first-order valence-electron chi connectivity index (χ1n) is 14.2. The highest BCUT2D eigenvalue weighted by molar-refractivity contribution is 7.99. The van der Waals surface area contributed by atoms with Gasteiger partial charge in [0.1, 0.15) is 11.5 Å². The Morgan fingerprint density at radius 1 is 0.641 bits per heavy atom. The van der Waals surface area contributed by atoms with Crippen molar-refractivity contribution in [3.63, 3.8) is 0 Å². The molecule has 0 unspecified atom stereocenters. The SMILES string of the molecule is CCOc1ccccc1N1CCN(C(=O)CCSCCC(=O)N2CCN(c3ccccc3OCC)CC2)CC1. The summed E-state index contributed by atoms with van der Waals surface area (Å²) in [6.45, 7) is 11.4. The van der Waals surface area contributed by atoms with E-state index < -0.39 is 0 Å². The van der Waals surface area contributed by atoms with Crippen molar-refractivity contribution < 1.29 is 19.1 Å². The molecular formula is C30H42N4O4S. The molecule has 0 atom stereocenters. The molecule has 0 aromatic heterocycles. The van der Waals surface area contributed by atoms with Crippen LogP contribution in [-0.2, 0) is 9.59 Å². The molecule has 4 rings (SSSR count). The van der Waals surface area contributed by atoms with Gasteiger partial charge in [-0.25, -0.2) is 0 Å². The summed E-state index contributed by atoms with van der Waals surface area (Å²) in [5.74, 6) is 3.72. The Balaban J connectivity index is 1.10. The van der Waals surface area contributed by atoms with Crippen LogP contribution in [0.15, 0.2) is 48.5 Å². The van der Waals surface area contributed by atoms with Crippen molar-refractivity contribution in [2.24, 2.45) is 0 Å². The van der Waals surface area contributed by atoms with Crippen LogP contribution in [0.2, 0.25) is 0 Å². The highest BCUT2D eigenvalue weighted by Gasteiger charge is 2.24. The molecule has 2 aliphatic rings. The molecule has 0 radical (unpaired) electrons. The minimum atomic E-state index is 0.204. The van der Waals surface area contributed by atoms with Crippen LogP contribution >= 0.6 is 11.8 Å². The van der Waals surface area contributed by atoms with Crippen molar-refractivity contribution >= 4 is 35.0 Å². The lowest BCUT2D eigenvalue weighted by Gasteiger charge is -2.37. The third-order valence-corrected chi connectivity index (χ3v) is 8.18. The Hall–Kier alpha value is -3.07. The van der Waals surface area contributed by atoms with Crippen molar-refractivity contribution in [3.8, 4) is 11.5 Å². The summed E-state index contributed by atoms with van der Waals surface area (Å²) in [7, 11) is 0. The van der Waals surface area contributed by atoms with E-state index in [9.17, 15) is 9.59 Å². The summed E-state index contributed by atoms with van der Waals surface area (Å²) in [5.41, 5.74) is 2.20. The van der Waals surface area contributed by atoms with Gasteiger partial charge in [0.05, 0.1) is 24.6 Å². The van der Waals surface area contributed by atoms with E-state index >= 15 is 0 Å². The molecular weight excluding hydrogens is 512 g/mol. The van der Waals surface area contributed by atoms with Crippen LogP contribution < -0.4 is 19.3 Å². The van der Waals surface area contributed by atoms with Gasteiger partial charge in [-0.3, -0.25) is 9.59 Å². The Morgan fingerprint density at radius 3 is 1.41 bits per heavy atom. The van der Waals surface area contributed by atoms with Crippen LogP contribution in [0, 0.1) is 0 Å². The Kier molecular flexibility index (Phi) is 11.1. The van der Waals surface area contributed by atoms with Crippen LogP contribution in [0.25, 0.3) is 0 Å². The van der Waals surface area contributed by atoms with Crippen molar-refractivity contribution in [2.75, 3.05) is 86.9 Å². The number of hydrogen-bond acceptors (Lipinski definition) is 7. The number of carbonyl (C=O) groups is 2. The topological polar surface area (TPSA) is 65.6 Å². The van der Waals surface area contributed by atoms with Crippen molar-refractivity contribution in [3.05, 3.63) is 48.5 Å². The number of ether oxygens (including phenoxy) is 2. The summed E-state index contributed by atoms with van der Waals surface area (Å²) in [6, 6.07) is 16.2.